The van der Waals surface area contributed by atoms with Gasteiger partial charge in [0.2, 0.25) is 0 Å². The molecule has 0 heterocycles. The van der Waals surface area contributed by atoms with Gasteiger partial charge in [0.25, 0.3) is 0 Å². The number of aliphatic hydroxyl groups is 2. The van der Waals surface area contributed by atoms with Crippen LogP contribution < -0.4 is 0 Å². The second kappa shape index (κ2) is 5.29. The molecule has 1 rings (SSSR count). The molecule has 0 aliphatic rings. The van der Waals surface area contributed by atoms with Crippen molar-refractivity contribution >= 4 is 0 Å². The molecule has 0 aromatic heterocycles. The van der Waals surface area contributed by atoms with Crippen LogP contribution in [0.5, 0.6) is 0 Å². The van der Waals surface area contributed by atoms with E-state index < -0.39 is 11.5 Å². The molecule has 0 radical (unpaired) electrons. The lowest BCUT2D eigenvalue weighted by Crippen LogP contribution is -2.33. The van der Waals surface area contributed by atoms with Gasteiger partial charge in [-0.1, -0.05) is 44.2 Å². The Balaban J connectivity index is 2.44. The Kier molecular flexibility index (Phi) is 4.30. The van der Waals surface area contributed by atoms with E-state index in [1.807, 2.05) is 32.0 Å². The average molecular weight is 208 g/mol. The summed E-state index contributed by atoms with van der Waals surface area (Å²) in [7, 11) is 0. The molecule has 2 nitrogen and oxygen atoms in total. The van der Waals surface area contributed by atoms with E-state index in [2.05, 4.69) is 12.1 Å². The fraction of sp³-hybridized carbons (Fsp3) is 0.538. The van der Waals surface area contributed by atoms with E-state index in [1.54, 1.807) is 0 Å². The average Bonchev–Trinajstić information content (AvgIpc) is 2.27. The van der Waals surface area contributed by atoms with Crippen molar-refractivity contribution in [3.63, 3.8) is 0 Å². The molecular formula is C13H20O2. The zero-order chi connectivity index (χ0) is 11.3. The Bertz CT molecular complexity index is 280. The molecular weight excluding hydrogens is 188 g/mol. The van der Waals surface area contributed by atoms with Gasteiger partial charge in [0.1, 0.15) is 0 Å². The molecule has 0 bridgehead atoms. The van der Waals surface area contributed by atoms with Crippen LogP contribution in [0.25, 0.3) is 0 Å². The highest BCUT2D eigenvalue weighted by molar-refractivity contribution is 5.14. The van der Waals surface area contributed by atoms with Crippen LogP contribution in [-0.2, 0) is 6.42 Å². The summed E-state index contributed by atoms with van der Waals surface area (Å²) in [6, 6.07) is 10.1. The van der Waals surface area contributed by atoms with E-state index in [4.69, 9.17) is 5.11 Å². The van der Waals surface area contributed by atoms with Crippen molar-refractivity contribution in [2.75, 3.05) is 6.61 Å². The summed E-state index contributed by atoms with van der Waals surface area (Å²) in [5, 5.41) is 19.0. The molecule has 0 aliphatic heterocycles. The summed E-state index contributed by atoms with van der Waals surface area (Å²) in [6.07, 6.45) is 1.09. The van der Waals surface area contributed by atoms with E-state index in [-0.39, 0.29) is 6.61 Å². The molecule has 0 fully saturated rings. The molecule has 0 aliphatic carbocycles. The fourth-order valence-electron chi connectivity index (χ4n) is 1.44. The number of hydrogen-bond acceptors (Lipinski definition) is 2. The molecule has 0 spiro atoms. The van der Waals surface area contributed by atoms with Crippen LogP contribution in [0.2, 0.25) is 0 Å². The van der Waals surface area contributed by atoms with Crippen LogP contribution in [-0.4, -0.2) is 22.9 Å². The van der Waals surface area contributed by atoms with Crippen LogP contribution in [0.1, 0.15) is 25.8 Å². The van der Waals surface area contributed by atoms with Gasteiger partial charge in [0.05, 0.1) is 12.7 Å². The van der Waals surface area contributed by atoms with Crippen molar-refractivity contribution in [3.8, 4) is 0 Å². The van der Waals surface area contributed by atoms with Gasteiger partial charge < -0.3 is 10.2 Å². The Hall–Kier alpha value is -0.860. The Morgan fingerprint density at radius 1 is 1.20 bits per heavy atom. The van der Waals surface area contributed by atoms with Crippen molar-refractivity contribution in [1.29, 1.82) is 0 Å². The van der Waals surface area contributed by atoms with Crippen LogP contribution in [0.4, 0.5) is 0 Å². The summed E-state index contributed by atoms with van der Waals surface area (Å²) in [5.41, 5.74) is 0.819. The molecule has 0 amide bonds. The van der Waals surface area contributed by atoms with Crippen LogP contribution in [0, 0.1) is 5.41 Å². The lowest BCUT2D eigenvalue weighted by atomic mass is 9.84. The molecule has 1 aromatic carbocycles. The zero-order valence-corrected chi connectivity index (χ0v) is 9.48. The first-order valence-electron chi connectivity index (χ1n) is 5.39. The Morgan fingerprint density at radius 3 is 2.33 bits per heavy atom. The predicted molar refractivity (Wildman–Crippen MR) is 61.6 cm³/mol. The van der Waals surface area contributed by atoms with Crippen LogP contribution in [0.3, 0.4) is 0 Å². The number of aryl methyl sites for hydroxylation is 1. The van der Waals surface area contributed by atoms with Crippen molar-refractivity contribution < 1.29 is 10.2 Å². The first-order chi connectivity index (χ1) is 7.06. The number of aliphatic hydroxyl groups excluding tert-OH is 2. The highest BCUT2D eigenvalue weighted by atomic mass is 16.3. The van der Waals surface area contributed by atoms with E-state index in [1.165, 1.54) is 5.56 Å². The maximum atomic E-state index is 9.88. The second-order valence-corrected chi connectivity index (χ2v) is 4.69. The zero-order valence-electron chi connectivity index (χ0n) is 9.48. The summed E-state index contributed by atoms with van der Waals surface area (Å²) in [6.45, 7) is 3.77. The normalized spacial score (nSPS) is 13.9. The van der Waals surface area contributed by atoms with Gasteiger partial charge >= 0.3 is 0 Å². The summed E-state index contributed by atoms with van der Waals surface area (Å²) in [5.74, 6) is 0. The van der Waals surface area contributed by atoms with E-state index in [0.29, 0.717) is 6.42 Å². The number of benzene rings is 1. The molecule has 0 saturated carbocycles. The lowest BCUT2D eigenvalue weighted by Gasteiger charge is -2.28. The van der Waals surface area contributed by atoms with Gasteiger partial charge in [0.15, 0.2) is 0 Å². The monoisotopic (exact) mass is 208 g/mol. The molecule has 15 heavy (non-hydrogen) atoms. The third-order valence-corrected chi connectivity index (χ3v) is 2.86. The molecule has 2 N–H and O–H groups in total. The second-order valence-electron chi connectivity index (χ2n) is 4.69. The highest BCUT2D eigenvalue weighted by Crippen LogP contribution is 2.23. The largest absolute Gasteiger partial charge is 0.396 e. The van der Waals surface area contributed by atoms with Crippen molar-refractivity contribution in [3.05, 3.63) is 35.9 Å². The predicted octanol–water partition coefficient (Wildman–Crippen LogP) is 2.00. The van der Waals surface area contributed by atoms with Crippen LogP contribution in [0.15, 0.2) is 30.3 Å². The molecule has 84 valence electrons. The number of rotatable bonds is 5. The fourth-order valence-corrected chi connectivity index (χ4v) is 1.44. The first kappa shape index (κ1) is 12.2. The standard InChI is InChI=1S/C13H20O2/c1-13(2,10-14)12(15)9-8-11-6-4-3-5-7-11/h3-7,12,14-15H,8-10H2,1-2H3. The smallest absolute Gasteiger partial charge is 0.0616 e. The summed E-state index contributed by atoms with van der Waals surface area (Å²) < 4.78 is 0. The van der Waals surface area contributed by atoms with Crippen molar-refractivity contribution in [1.82, 2.24) is 0 Å². The first-order valence-corrected chi connectivity index (χ1v) is 5.39. The Labute approximate surface area is 91.6 Å². The minimum absolute atomic E-state index is 0.0168. The van der Waals surface area contributed by atoms with Crippen LogP contribution >= 0.6 is 0 Å². The maximum Gasteiger partial charge on any atom is 0.0616 e. The third kappa shape index (κ3) is 3.65. The number of hydrogen-bond donors (Lipinski definition) is 2. The summed E-state index contributed by atoms with van der Waals surface area (Å²) in [4.78, 5) is 0. The SMILES string of the molecule is CC(C)(CO)C(O)CCc1ccccc1. The quantitative estimate of drug-likeness (QED) is 0.777. The van der Waals surface area contributed by atoms with Gasteiger partial charge in [-0.15, -0.1) is 0 Å². The Morgan fingerprint density at radius 2 is 1.80 bits per heavy atom. The third-order valence-electron chi connectivity index (χ3n) is 2.86. The van der Waals surface area contributed by atoms with Gasteiger partial charge in [-0.25, -0.2) is 0 Å². The minimum atomic E-state index is -0.456. The van der Waals surface area contributed by atoms with Gasteiger partial charge in [0, 0.05) is 5.41 Å². The molecule has 0 saturated heterocycles. The van der Waals surface area contributed by atoms with E-state index in [0.717, 1.165) is 6.42 Å². The molecule has 1 aromatic rings. The maximum absolute atomic E-state index is 9.88. The van der Waals surface area contributed by atoms with E-state index >= 15 is 0 Å². The van der Waals surface area contributed by atoms with Gasteiger partial charge in [-0.3, -0.25) is 0 Å². The van der Waals surface area contributed by atoms with E-state index in [9.17, 15) is 5.11 Å². The molecule has 1 atom stereocenters. The van der Waals surface area contributed by atoms with Gasteiger partial charge in [-0.2, -0.15) is 0 Å². The lowest BCUT2D eigenvalue weighted by molar-refractivity contribution is 0.00313. The van der Waals surface area contributed by atoms with Gasteiger partial charge in [-0.05, 0) is 18.4 Å². The van der Waals surface area contributed by atoms with Crippen molar-refractivity contribution in [2.45, 2.75) is 32.8 Å². The molecule has 2 heteroatoms. The minimum Gasteiger partial charge on any atom is -0.396 e. The molecule has 1 unspecified atom stereocenters. The summed E-state index contributed by atoms with van der Waals surface area (Å²) >= 11 is 0. The van der Waals surface area contributed by atoms with Crippen molar-refractivity contribution in [2.24, 2.45) is 5.41 Å². The topological polar surface area (TPSA) is 40.5 Å². The highest BCUT2D eigenvalue weighted by Gasteiger charge is 2.26.